The van der Waals surface area contributed by atoms with Gasteiger partial charge in [-0.25, -0.2) is 10.5 Å². The van der Waals surface area contributed by atoms with E-state index in [9.17, 15) is 4.79 Å². The average Bonchev–Trinajstić information content (AvgIpc) is 2.87. The minimum absolute atomic E-state index is 0.388. The second-order valence-corrected chi connectivity index (χ2v) is 4.07. The van der Waals surface area contributed by atoms with E-state index in [1.54, 1.807) is 38.0 Å². The van der Waals surface area contributed by atoms with Gasteiger partial charge in [-0.15, -0.1) is 0 Å². The third-order valence-corrected chi connectivity index (χ3v) is 3.00. The van der Waals surface area contributed by atoms with Crippen LogP contribution in [0, 0.1) is 6.92 Å². The first-order chi connectivity index (χ1) is 9.62. The number of nitrogens with one attached hydrogen (secondary N) is 1. The smallest absolute Gasteiger partial charge is 0.268 e. The zero-order valence-electron chi connectivity index (χ0n) is 11.5. The van der Waals surface area contributed by atoms with Crippen molar-refractivity contribution in [1.82, 2.24) is 15.2 Å². The van der Waals surface area contributed by atoms with Gasteiger partial charge in [-0.3, -0.25) is 10.2 Å². The summed E-state index contributed by atoms with van der Waals surface area (Å²) in [7, 11) is 3.14. The van der Waals surface area contributed by atoms with Crippen LogP contribution in [0.2, 0.25) is 0 Å². The number of carbonyl (C=O) groups is 1. The standard InChI is InChI=1S/C13H16N4O3/c1-8-10(13(18)16-14)7-15-17(8)11-5-4-9(19-2)6-12(11)20-3/h4-7H,14H2,1-3H3,(H,16,18). The first-order valence-electron chi connectivity index (χ1n) is 5.90. The molecule has 20 heavy (non-hydrogen) atoms. The van der Waals surface area contributed by atoms with Crippen molar-refractivity contribution in [3.8, 4) is 17.2 Å². The molecule has 0 atom stereocenters. The van der Waals surface area contributed by atoms with Crippen molar-refractivity contribution >= 4 is 5.91 Å². The molecule has 3 N–H and O–H groups in total. The van der Waals surface area contributed by atoms with Gasteiger partial charge < -0.3 is 9.47 Å². The lowest BCUT2D eigenvalue weighted by atomic mass is 10.2. The molecule has 1 aromatic carbocycles. The van der Waals surface area contributed by atoms with Gasteiger partial charge in [0, 0.05) is 6.07 Å². The van der Waals surface area contributed by atoms with Crippen LogP contribution >= 0.6 is 0 Å². The second kappa shape index (κ2) is 5.62. The van der Waals surface area contributed by atoms with Gasteiger partial charge in [0.25, 0.3) is 5.91 Å². The molecular weight excluding hydrogens is 260 g/mol. The number of nitrogens with two attached hydrogens (primary N) is 1. The maximum absolute atomic E-state index is 11.6. The van der Waals surface area contributed by atoms with Crippen LogP contribution in [0.5, 0.6) is 11.5 Å². The van der Waals surface area contributed by atoms with Crippen molar-refractivity contribution in [3.05, 3.63) is 35.7 Å². The van der Waals surface area contributed by atoms with Crippen LogP contribution in [0.3, 0.4) is 0 Å². The molecule has 7 nitrogen and oxygen atoms in total. The topological polar surface area (TPSA) is 91.4 Å². The van der Waals surface area contributed by atoms with Crippen molar-refractivity contribution in [3.63, 3.8) is 0 Å². The minimum atomic E-state index is -0.388. The molecule has 1 amide bonds. The third-order valence-electron chi connectivity index (χ3n) is 3.00. The Kier molecular flexibility index (Phi) is 3.90. The number of methoxy groups -OCH3 is 2. The van der Waals surface area contributed by atoms with Crippen LogP contribution in [-0.4, -0.2) is 29.9 Å². The van der Waals surface area contributed by atoms with Crippen molar-refractivity contribution in [2.24, 2.45) is 5.84 Å². The first-order valence-corrected chi connectivity index (χ1v) is 5.90. The molecule has 0 fully saturated rings. The van der Waals surface area contributed by atoms with Crippen LogP contribution < -0.4 is 20.7 Å². The van der Waals surface area contributed by atoms with E-state index in [1.165, 1.54) is 6.20 Å². The summed E-state index contributed by atoms with van der Waals surface area (Å²) < 4.78 is 12.1. The monoisotopic (exact) mass is 276 g/mol. The number of hydrogen-bond donors (Lipinski definition) is 2. The number of hydrazine groups is 1. The number of rotatable bonds is 4. The number of ether oxygens (including phenoxy) is 2. The molecule has 0 aliphatic rings. The van der Waals surface area contributed by atoms with E-state index in [2.05, 4.69) is 10.5 Å². The Bertz CT molecular complexity index is 637. The SMILES string of the molecule is COc1ccc(-n2ncc(C(=O)NN)c2C)c(OC)c1. The Morgan fingerprint density at radius 3 is 2.70 bits per heavy atom. The van der Waals surface area contributed by atoms with Crippen molar-refractivity contribution in [2.75, 3.05) is 14.2 Å². The molecule has 0 radical (unpaired) electrons. The fraction of sp³-hybridized carbons (Fsp3) is 0.231. The first kappa shape index (κ1) is 13.9. The normalized spacial score (nSPS) is 10.2. The number of aromatic nitrogens is 2. The van der Waals surface area contributed by atoms with E-state index in [1.807, 2.05) is 6.07 Å². The van der Waals surface area contributed by atoms with Gasteiger partial charge in [0.1, 0.15) is 17.2 Å². The van der Waals surface area contributed by atoms with Gasteiger partial charge in [0.2, 0.25) is 0 Å². The summed E-state index contributed by atoms with van der Waals surface area (Å²) >= 11 is 0. The predicted molar refractivity (Wildman–Crippen MR) is 73.1 cm³/mol. The molecule has 0 aliphatic heterocycles. The largest absolute Gasteiger partial charge is 0.497 e. The lowest BCUT2D eigenvalue weighted by molar-refractivity contribution is 0.0953. The maximum atomic E-state index is 11.6. The molecule has 1 aromatic heterocycles. The highest BCUT2D eigenvalue weighted by Gasteiger charge is 2.16. The Morgan fingerprint density at radius 1 is 1.35 bits per heavy atom. The van der Waals surface area contributed by atoms with E-state index >= 15 is 0 Å². The van der Waals surface area contributed by atoms with Gasteiger partial charge in [-0.05, 0) is 19.1 Å². The number of amides is 1. The Balaban J connectivity index is 2.52. The average molecular weight is 276 g/mol. The summed E-state index contributed by atoms with van der Waals surface area (Å²) in [4.78, 5) is 11.6. The molecule has 0 spiro atoms. The second-order valence-electron chi connectivity index (χ2n) is 4.07. The third kappa shape index (κ3) is 2.30. The summed E-state index contributed by atoms with van der Waals surface area (Å²) in [5.41, 5.74) is 3.87. The molecule has 0 bridgehead atoms. The molecule has 1 heterocycles. The number of benzene rings is 1. The molecule has 0 saturated heterocycles. The quantitative estimate of drug-likeness (QED) is 0.489. The molecule has 106 valence electrons. The minimum Gasteiger partial charge on any atom is -0.497 e. The van der Waals surface area contributed by atoms with Gasteiger partial charge in [0.05, 0.1) is 31.7 Å². The molecule has 2 rings (SSSR count). The van der Waals surface area contributed by atoms with Gasteiger partial charge >= 0.3 is 0 Å². The van der Waals surface area contributed by atoms with Gasteiger partial charge in [0.15, 0.2) is 0 Å². The summed E-state index contributed by atoms with van der Waals surface area (Å²) in [6.45, 7) is 1.78. The number of hydrogen-bond acceptors (Lipinski definition) is 5. The lowest BCUT2D eigenvalue weighted by Crippen LogP contribution is -2.30. The molecule has 0 saturated carbocycles. The van der Waals surface area contributed by atoms with E-state index in [4.69, 9.17) is 15.3 Å². The van der Waals surface area contributed by atoms with Crippen molar-refractivity contribution < 1.29 is 14.3 Å². The highest BCUT2D eigenvalue weighted by atomic mass is 16.5. The number of nitrogen functional groups attached to an aromatic ring is 1. The van der Waals surface area contributed by atoms with E-state index in [0.29, 0.717) is 28.4 Å². The molecule has 0 aliphatic carbocycles. The maximum Gasteiger partial charge on any atom is 0.268 e. The summed E-state index contributed by atoms with van der Waals surface area (Å²) in [6, 6.07) is 5.35. The van der Waals surface area contributed by atoms with E-state index in [-0.39, 0.29) is 5.91 Å². The lowest BCUT2D eigenvalue weighted by Gasteiger charge is -2.12. The van der Waals surface area contributed by atoms with E-state index in [0.717, 1.165) is 0 Å². The number of carbonyl (C=O) groups excluding carboxylic acids is 1. The fourth-order valence-electron chi connectivity index (χ4n) is 1.91. The Labute approximate surface area is 116 Å². The zero-order chi connectivity index (χ0) is 14.7. The van der Waals surface area contributed by atoms with Crippen LogP contribution in [0.15, 0.2) is 24.4 Å². The summed E-state index contributed by atoms with van der Waals surface area (Å²) in [5, 5.41) is 4.20. The van der Waals surface area contributed by atoms with Crippen LogP contribution in [-0.2, 0) is 0 Å². The molecule has 0 unspecified atom stereocenters. The molecular formula is C13H16N4O3. The highest BCUT2D eigenvalue weighted by molar-refractivity contribution is 5.94. The summed E-state index contributed by atoms with van der Waals surface area (Å²) in [5.74, 6) is 6.02. The van der Waals surface area contributed by atoms with Crippen molar-refractivity contribution in [1.29, 1.82) is 0 Å². The predicted octanol–water partition coefficient (Wildman–Crippen LogP) is 0.801. The highest BCUT2D eigenvalue weighted by Crippen LogP contribution is 2.28. The van der Waals surface area contributed by atoms with Crippen LogP contribution in [0.25, 0.3) is 5.69 Å². The Hall–Kier alpha value is -2.54. The van der Waals surface area contributed by atoms with Gasteiger partial charge in [-0.2, -0.15) is 5.10 Å². The fourth-order valence-corrected chi connectivity index (χ4v) is 1.91. The van der Waals surface area contributed by atoms with Crippen molar-refractivity contribution in [2.45, 2.75) is 6.92 Å². The number of nitrogens with zero attached hydrogens (tertiary/aromatic N) is 2. The van der Waals surface area contributed by atoms with E-state index < -0.39 is 0 Å². The van der Waals surface area contributed by atoms with Gasteiger partial charge in [-0.1, -0.05) is 0 Å². The molecule has 2 aromatic rings. The summed E-state index contributed by atoms with van der Waals surface area (Å²) in [6.07, 6.45) is 1.46. The molecule has 7 heteroatoms. The Morgan fingerprint density at radius 2 is 2.10 bits per heavy atom. The van der Waals surface area contributed by atoms with Crippen LogP contribution in [0.4, 0.5) is 0 Å². The zero-order valence-corrected chi connectivity index (χ0v) is 11.5. The van der Waals surface area contributed by atoms with Crippen LogP contribution in [0.1, 0.15) is 16.1 Å².